The number of hydrogen-bond donors (Lipinski definition) is 0. The molecule has 0 aromatic heterocycles. The van der Waals surface area contributed by atoms with Crippen LogP contribution in [0.2, 0.25) is 5.02 Å². The molecule has 6 nitrogen and oxygen atoms in total. The zero-order valence-electron chi connectivity index (χ0n) is 13.5. The highest BCUT2D eigenvalue weighted by Gasteiger charge is 2.22. The molecule has 1 amide bonds. The lowest BCUT2D eigenvalue weighted by atomic mass is 10.0. The van der Waals surface area contributed by atoms with Crippen LogP contribution in [0.25, 0.3) is 0 Å². The average Bonchev–Trinajstić information content (AvgIpc) is 2.49. The van der Waals surface area contributed by atoms with Crippen molar-refractivity contribution in [2.75, 3.05) is 26.7 Å². The molecular weight excluding hydrogens is 318 g/mol. The molecule has 23 heavy (non-hydrogen) atoms. The van der Waals surface area contributed by atoms with E-state index in [4.69, 9.17) is 11.6 Å². The van der Waals surface area contributed by atoms with Crippen LogP contribution >= 0.6 is 11.6 Å². The van der Waals surface area contributed by atoms with E-state index in [2.05, 4.69) is 6.92 Å². The fourth-order valence-electron chi connectivity index (χ4n) is 2.89. The number of likely N-dealkylation sites (N-methyl/N-ethyl adjacent to an activating group) is 1. The first-order valence-electron chi connectivity index (χ1n) is 7.76. The monoisotopic (exact) mass is 339 g/mol. The van der Waals surface area contributed by atoms with E-state index in [1.807, 2.05) is 16.8 Å². The van der Waals surface area contributed by atoms with Crippen molar-refractivity contribution in [2.24, 2.45) is 5.92 Å². The third-order valence-electron chi connectivity index (χ3n) is 4.10. The van der Waals surface area contributed by atoms with Crippen LogP contribution in [-0.2, 0) is 11.3 Å². The van der Waals surface area contributed by atoms with Gasteiger partial charge in [-0.1, -0.05) is 18.5 Å². The summed E-state index contributed by atoms with van der Waals surface area (Å²) in [5, 5.41) is 11.3. The van der Waals surface area contributed by atoms with Crippen LogP contribution in [0, 0.1) is 16.0 Å². The van der Waals surface area contributed by atoms with Crippen LogP contribution in [0.1, 0.15) is 25.3 Å². The Labute approximate surface area is 141 Å². The van der Waals surface area contributed by atoms with Crippen molar-refractivity contribution in [3.05, 3.63) is 38.9 Å². The molecule has 0 spiro atoms. The van der Waals surface area contributed by atoms with Gasteiger partial charge in [0.05, 0.1) is 11.5 Å². The Balaban J connectivity index is 1.96. The minimum absolute atomic E-state index is 0.00832. The van der Waals surface area contributed by atoms with Crippen molar-refractivity contribution in [1.82, 2.24) is 9.80 Å². The largest absolute Gasteiger partial charge is 0.341 e. The van der Waals surface area contributed by atoms with Gasteiger partial charge in [0.1, 0.15) is 0 Å². The molecule has 0 N–H and O–H groups in total. The molecule has 126 valence electrons. The highest BCUT2D eigenvalue weighted by atomic mass is 35.5. The Morgan fingerprint density at radius 1 is 1.52 bits per heavy atom. The number of nitro groups is 1. The number of piperidine rings is 1. The SMILES string of the molecule is CC1CCCN(C(=O)CN(C)Cc2cc([N+](=O)[O-])ccc2Cl)C1. The number of hydrogen-bond acceptors (Lipinski definition) is 4. The van der Waals surface area contributed by atoms with Gasteiger partial charge in [0, 0.05) is 36.8 Å². The van der Waals surface area contributed by atoms with Gasteiger partial charge in [-0.25, -0.2) is 0 Å². The van der Waals surface area contributed by atoms with Crippen molar-refractivity contribution < 1.29 is 9.72 Å². The molecule has 0 radical (unpaired) electrons. The molecule has 1 fully saturated rings. The summed E-state index contributed by atoms with van der Waals surface area (Å²) in [4.78, 5) is 26.5. The van der Waals surface area contributed by atoms with E-state index in [-0.39, 0.29) is 18.1 Å². The first-order chi connectivity index (χ1) is 10.9. The van der Waals surface area contributed by atoms with E-state index in [1.54, 1.807) is 0 Å². The van der Waals surface area contributed by atoms with Gasteiger partial charge in [-0.2, -0.15) is 0 Å². The number of carbonyl (C=O) groups is 1. The van der Waals surface area contributed by atoms with E-state index in [0.717, 1.165) is 19.5 Å². The van der Waals surface area contributed by atoms with Gasteiger partial charge in [-0.05, 0) is 37.4 Å². The Morgan fingerprint density at radius 2 is 2.26 bits per heavy atom. The quantitative estimate of drug-likeness (QED) is 0.611. The molecule has 2 rings (SSSR count). The van der Waals surface area contributed by atoms with Crippen molar-refractivity contribution in [3.63, 3.8) is 0 Å². The fourth-order valence-corrected chi connectivity index (χ4v) is 3.07. The summed E-state index contributed by atoms with van der Waals surface area (Å²) in [5.74, 6) is 0.643. The molecule has 1 unspecified atom stereocenters. The molecule has 1 aromatic carbocycles. The number of nitrogens with zero attached hydrogens (tertiary/aromatic N) is 3. The summed E-state index contributed by atoms with van der Waals surface area (Å²) < 4.78 is 0. The summed E-state index contributed by atoms with van der Waals surface area (Å²) in [6.07, 6.45) is 2.22. The molecule has 1 saturated heterocycles. The van der Waals surface area contributed by atoms with Gasteiger partial charge < -0.3 is 4.90 Å². The van der Waals surface area contributed by atoms with Gasteiger partial charge in [-0.3, -0.25) is 19.8 Å². The van der Waals surface area contributed by atoms with Gasteiger partial charge >= 0.3 is 0 Å². The van der Waals surface area contributed by atoms with E-state index in [0.29, 0.717) is 23.0 Å². The second-order valence-electron chi connectivity index (χ2n) is 6.29. The Morgan fingerprint density at radius 3 is 2.91 bits per heavy atom. The Kier molecular flexibility index (Phi) is 5.96. The normalized spacial score (nSPS) is 18.3. The first-order valence-corrected chi connectivity index (χ1v) is 8.13. The van der Waals surface area contributed by atoms with Crippen LogP contribution in [-0.4, -0.2) is 47.3 Å². The van der Waals surface area contributed by atoms with Crippen LogP contribution in [0.5, 0.6) is 0 Å². The van der Waals surface area contributed by atoms with E-state index in [1.165, 1.54) is 24.6 Å². The lowest BCUT2D eigenvalue weighted by Gasteiger charge is -2.32. The molecule has 1 aliphatic rings. The average molecular weight is 340 g/mol. The molecule has 1 atom stereocenters. The van der Waals surface area contributed by atoms with Crippen LogP contribution in [0.3, 0.4) is 0 Å². The number of amides is 1. The zero-order chi connectivity index (χ0) is 17.0. The molecule has 1 aromatic rings. The fraction of sp³-hybridized carbons (Fsp3) is 0.562. The number of halogens is 1. The predicted octanol–water partition coefficient (Wildman–Crippen LogP) is 2.94. The van der Waals surface area contributed by atoms with Crippen molar-refractivity contribution in [3.8, 4) is 0 Å². The third-order valence-corrected chi connectivity index (χ3v) is 4.46. The van der Waals surface area contributed by atoms with Gasteiger partial charge in [-0.15, -0.1) is 0 Å². The van der Waals surface area contributed by atoms with Gasteiger partial charge in [0.15, 0.2) is 0 Å². The molecule has 1 heterocycles. The first kappa shape index (κ1) is 17.7. The number of likely N-dealkylation sites (tertiary alicyclic amines) is 1. The van der Waals surface area contributed by atoms with E-state index >= 15 is 0 Å². The summed E-state index contributed by atoms with van der Waals surface area (Å²) in [6.45, 7) is 4.46. The predicted molar refractivity (Wildman–Crippen MR) is 89.4 cm³/mol. The maximum Gasteiger partial charge on any atom is 0.269 e. The molecule has 0 bridgehead atoms. The van der Waals surface area contributed by atoms with Crippen molar-refractivity contribution in [2.45, 2.75) is 26.3 Å². The van der Waals surface area contributed by atoms with Crippen LogP contribution in [0.15, 0.2) is 18.2 Å². The maximum absolute atomic E-state index is 12.3. The topological polar surface area (TPSA) is 66.7 Å². The lowest BCUT2D eigenvalue weighted by molar-refractivity contribution is -0.384. The number of rotatable bonds is 5. The number of carbonyl (C=O) groups excluding carboxylic acids is 1. The molecule has 0 saturated carbocycles. The number of nitro benzene ring substituents is 1. The molecule has 7 heteroatoms. The summed E-state index contributed by atoms with van der Waals surface area (Å²) >= 11 is 6.10. The summed E-state index contributed by atoms with van der Waals surface area (Å²) in [5.41, 5.74) is 0.664. The third kappa shape index (κ3) is 4.91. The highest BCUT2D eigenvalue weighted by molar-refractivity contribution is 6.31. The number of benzene rings is 1. The van der Waals surface area contributed by atoms with E-state index in [9.17, 15) is 14.9 Å². The minimum atomic E-state index is -0.444. The maximum atomic E-state index is 12.3. The van der Waals surface area contributed by atoms with Crippen molar-refractivity contribution in [1.29, 1.82) is 0 Å². The number of non-ortho nitro benzene ring substituents is 1. The highest BCUT2D eigenvalue weighted by Crippen LogP contribution is 2.23. The van der Waals surface area contributed by atoms with Crippen molar-refractivity contribution >= 4 is 23.2 Å². The van der Waals surface area contributed by atoms with Crippen LogP contribution in [0.4, 0.5) is 5.69 Å². The van der Waals surface area contributed by atoms with Crippen LogP contribution < -0.4 is 0 Å². The molecule has 0 aliphatic carbocycles. The summed E-state index contributed by atoms with van der Waals surface area (Å²) in [6, 6.07) is 4.37. The Hall–Kier alpha value is -1.66. The zero-order valence-corrected chi connectivity index (χ0v) is 14.3. The lowest BCUT2D eigenvalue weighted by Crippen LogP contribution is -2.43. The smallest absolute Gasteiger partial charge is 0.269 e. The molecular formula is C16H22ClN3O3. The second kappa shape index (κ2) is 7.75. The second-order valence-corrected chi connectivity index (χ2v) is 6.70. The van der Waals surface area contributed by atoms with Gasteiger partial charge in [0.25, 0.3) is 5.69 Å². The summed E-state index contributed by atoms with van der Waals surface area (Å²) in [7, 11) is 1.82. The Bertz CT molecular complexity index is 594. The van der Waals surface area contributed by atoms with Gasteiger partial charge in [0.2, 0.25) is 5.91 Å². The minimum Gasteiger partial charge on any atom is -0.341 e. The van der Waals surface area contributed by atoms with E-state index < -0.39 is 4.92 Å². The molecule has 1 aliphatic heterocycles. The standard InChI is InChI=1S/C16H22ClN3O3/c1-12-4-3-7-19(9-12)16(21)11-18(2)10-13-8-14(20(22)23)5-6-15(13)17/h5-6,8,12H,3-4,7,9-11H2,1-2H3.